The summed E-state index contributed by atoms with van der Waals surface area (Å²) in [5.41, 5.74) is 3.94. The number of H-pyrrole nitrogens is 1. The van der Waals surface area contributed by atoms with Gasteiger partial charge in [-0.2, -0.15) is 5.10 Å². The molecule has 0 radical (unpaired) electrons. The zero-order valence-corrected chi connectivity index (χ0v) is 16.7. The molecule has 7 nitrogen and oxygen atoms in total. The van der Waals surface area contributed by atoms with Crippen molar-refractivity contribution in [2.45, 2.75) is 51.5 Å². The van der Waals surface area contributed by atoms with Gasteiger partial charge in [-0.25, -0.2) is 9.97 Å². The van der Waals surface area contributed by atoms with Crippen LogP contribution in [-0.2, 0) is 12.8 Å². The number of anilines is 1. The number of nitrogens with zero attached hydrogens (tertiary/aromatic N) is 4. The molecule has 2 aliphatic rings. The normalized spacial score (nSPS) is 17.3. The van der Waals surface area contributed by atoms with E-state index in [9.17, 15) is 4.79 Å². The minimum atomic E-state index is -0.101. The van der Waals surface area contributed by atoms with Crippen LogP contribution >= 0.6 is 0 Å². The second-order valence-electron chi connectivity index (χ2n) is 8.08. The largest absolute Gasteiger partial charge is 0.356 e. The molecule has 0 bridgehead atoms. The quantitative estimate of drug-likeness (QED) is 0.718. The summed E-state index contributed by atoms with van der Waals surface area (Å²) in [5, 5.41) is 11.2. The Labute approximate surface area is 169 Å². The Hall–Kier alpha value is -2.96. The first-order valence-corrected chi connectivity index (χ1v) is 10.5. The van der Waals surface area contributed by atoms with E-state index in [0.29, 0.717) is 5.69 Å². The zero-order valence-electron chi connectivity index (χ0n) is 16.7. The van der Waals surface area contributed by atoms with Gasteiger partial charge in [-0.1, -0.05) is 18.2 Å². The minimum Gasteiger partial charge on any atom is -0.356 e. The maximum Gasteiger partial charge on any atom is 0.272 e. The van der Waals surface area contributed by atoms with Crippen LogP contribution in [0.5, 0.6) is 0 Å². The van der Waals surface area contributed by atoms with Gasteiger partial charge < -0.3 is 10.2 Å². The Kier molecular flexibility index (Phi) is 4.66. The number of aromatic amines is 1. The smallest absolute Gasteiger partial charge is 0.272 e. The van der Waals surface area contributed by atoms with Crippen molar-refractivity contribution in [2.24, 2.45) is 0 Å². The van der Waals surface area contributed by atoms with E-state index in [1.807, 2.05) is 31.2 Å². The maximum absolute atomic E-state index is 12.7. The lowest BCUT2D eigenvalue weighted by molar-refractivity contribution is 0.0927. The Morgan fingerprint density at radius 3 is 2.79 bits per heavy atom. The lowest BCUT2D eigenvalue weighted by atomic mass is 9.95. The molecule has 0 spiro atoms. The predicted octanol–water partition coefficient (Wildman–Crippen LogP) is 2.94. The van der Waals surface area contributed by atoms with E-state index in [4.69, 9.17) is 4.98 Å². The van der Waals surface area contributed by atoms with Crippen LogP contribution in [0.1, 0.15) is 53.3 Å². The third kappa shape index (κ3) is 3.45. The fourth-order valence-electron chi connectivity index (χ4n) is 4.58. The number of hydrogen-bond acceptors (Lipinski definition) is 5. The molecule has 3 aromatic rings. The van der Waals surface area contributed by atoms with E-state index >= 15 is 0 Å². The molecule has 1 saturated heterocycles. The van der Waals surface area contributed by atoms with Crippen molar-refractivity contribution >= 4 is 22.6 Å². The van der Waals surface area contributed by atoms with Crippen molar-refractivity contribution in [3.05, 3.63) is 47.0 Å². The third-order valence-electron chi connectivity index (χ3n) is 6.09. The molecule has 1 fully saturated rings. The second-order valence-corrected chi connectivity index (χ2v) is 8.08. The number of fused-ring (bicyclic) bond motifs is 2. The first kappa shape index (κ1) is 18.1. The third-order valence-corrected chi connectivity index (χ3v) is 6.09. The van der Waals surface area contributed by atoms with Crippen molar-refractivity contribution in [3.8, 4) is 0 Å². The van der Waals surface area contributed by atoms with Crippen LogP contribution in [0.2, 0.25) is 0 Å². The number of para-hydroxylation sites is 1. The van der Waals surface area contributed by atoms with Gasteiger partial charge in [0.15, 0.2) is 5.69 Å². The van der Waals surface area contributed by atoms with Gasteiger partial charge in [0.25, 0.3) is 5.91 Å². The number of aromatic nitrogens is 4. The summed E-state index contributed by atoms with van der Waals surface area (Å²) in [6.45, 7) is 3.78. The van der Waals surface area contributed by atoms with Gasteiger partial charge in [-0.15, -0.1) is 0 Å². The van der Waals surface area contributed by atoms with E-state index < -0.39 is 0 Å². The Balaban J connectivity index is 1.27. The fourth-order valence-corrected chi connectivity index (χ4v) is 4.58. The van der Waals surface area contributed by atoms with Gasteiger partial charge in [-0.05, 0) is 51.5 Å². The Bertz CT molecular complexity index is 1050. The number of hydrogen-bond donors (Lipinski definition) is 2. The molecular weight excluding hydrogens is 364 g/mol. The Morgan fingerprint density at radius 1 is 1.14 bits per heavy atom. The summed E-state index contributed by atoms with van der Waals surface area (Å²) in [7, 11) is 0. The molecule has 29 heavy (non-hydrogen) atoms. The van der Waals surface area contributed by atoms with Crippen molar-refractivity contribution in [2.75, 3.05) is 18.0 Å². The Morgan fingerprint density at radius 2 is 1.93 bits per heavy atom. The van der Waals surface area contributed by atoms with Gasteiger partial charge in [0, 0.05) is 35.8 Å². The molecule has 0 atom stereocenters. The zero-order chi connectivity index (χ0) is 19.8. The minimum absolute atomic E-state index is 0.101. The van der Waals surface area contributed by atoms with Crippen molar-refractivity contribution < 1.29 is 4.79 Å². The molecule has 1 amide bonds. The maximum atomic E-state index is 12.7. The van der Waals surface area contributed by atoms with Gasteiger partial charge in [0.2, 0.25) is 0 Å². The molecule has 1 aliphatic carbocycles. The molecule has 5 rings (SSSR count). The monoisotopic (exact) mass is 390 g/mol. The van der Waals surface area contributed by atoms with Crippen LogP contribution in [0.3, 0.4) is 0 Å². The number of benzene rings is 1. The highest BCUT2D eigenvalue weighted by Crippen LogP contribution is 2.29. The first-order valence-electron chi connectivity index (χ1n) is 10.5. The molecule has 3 heterocycles. The second kappa shape index (κ2) is 7.46. The molecule has 2 aromatic heterocycles. The summed E-state index contributed by atoms with van der Waals surface area (Å²) in [4.78, 5) is 24.6. The molecule has 150 valence electrons. The molecule has 1 aromatic carbocycles. The van der Waals surface area contributed by atoms with Crippen LogP contribution in [0.4, 0.5) is 5.82 Å². The van der Waals surface area contributed by atoms with E-state index in [2.05, 4.69) is 25.4 Å². The SMILES string of the molecule is Cc1nc2c(c(N3CCC(NC(=O)c4n[nH]c5ccccc45)CC3)n1)CCCC2. The van der Waals surface area contributed by atoms with E-state index in [0.717, 1.165) is 61.3 Å². The van der Waals surface area contributed by atoms with Crippen molar-refractivity contribution in [3.63, 3.8) is 0 Å². The summed E-state index contributed by atoms with van der Waals surface area (Å²) < 4.78 is 0. The number of piperidine rings is 1. The average Bonchev–Trinajstić information content (AvgIpc) is 3.18. The molecule has 1 aliphatic heterocycles. The number of carbonyl (C=O) groups is 1. The number of nitrogens with one attached hydrogen (secondary N) is 2. The highest BCUT2D eigenvalue weighted by molar-refractivity contribution is 6.04. The highest BCUT2D eigenvalue weighted by atomic mass is 16.2. The predicted molar refractivity (Wildman–Crippen MR) is 112 cm³/mol. The van der Waals surface area contributed by atoms with Gasteiger partial charge >= 0.3 is 0 Å². The van der Waals surface area contributed by atoms with Gasteiger partial charge in [0.05, 0.1) is 5.52 Å². The summed E-state index contributed by atoms with van der Waals surface area (Å²) >= 11 is 0. The number of amides is 1. The lowest BCUT2D eigenvalue weighted by Crippen LogP contribution is -2.45. The van der Waals surface area contributed by atoms with E-state index in [1.165, 1.54) is 24.1 Å². The van der Waals surface area contributed by atoms with Crippen LogP contribution < -0.4 is 10.2 Å². The summed E-state index contributed by atoms with van der Waals surface area (Å²) in [5.74, 6) is 1.88. The van der Waals surface area contributed by atoms with Crippen molar-refractivity contribution in [1.82, 2.24) is 25.5 Å². The van der Waals surface area contributed by atoms with Gasteiger partial charge in [-0.3, -0.25) is 9.89 Å². The molecule has 0 unspecified atom stereocenters. The van der Waals surface area contributed by atoms with E-state index in [-0.39, 0.29) is 11.9 Å². The topological polar surface area (TPSA) is 86.8 Å². The highest BCUT2D eigenvalue weighted by Gasteiger charge is 2.27. The summed E-state index contributed by atoms with van der Waals surface area (Å²) in [6.07, 6.45) is 6.40. The summed E-state index contributed by atoms with van der Waals surface area (Å²) in [6, 6.07) is 7.88. The van der Waals surface area contributed by atoms with Crippen molar-refractivity contribution in [1.29, 1.82) is 0 Å². The van der Waals surface area contributed by atoms with E-state index in [1.54, 1.807) is 0 Å². The fraction of sp³-hybridized carbons (Fsp3) is 0.455. The number of aryl methyl sites for hydroxylation is 2. The van der Waals surface area contributed by atoms with Gasteiger partial charge in [0.1, 0.15) is 11.6 Å². The van der Waals surface area contributed by atoms with Crippen LogP contribution in [0.25, 0.3) is 10.9 Å². The standard InChI is InChI=1S/C22H26N6O/c1-14-23-18-8-4-3-7-17(18)21(24-14)28-12-10-15(11-13-28)25-22(29)20-16-6-2-5-9-19(16)26-27-20/h2,5-6,9,15H,3-4,7-8,10-13H2,1H3,(H,25,29)(H,26,27). The van der Waals surface area contributed by atoms with Crippen LogP contribution in [0.15, 0.2) is 24.3 Å². The first-order chi connectivity index (χ1) is 14.2. The molecular formula is C22H26N6O. The molecule has 7 heteroatoms. The number of carbonyl (C=O) groups excluding carboxylic acids is 1. The lowest BCUT2D eigenvalue weighted by Gasteiger charge is -2.35. The average molecular weight is 390 g/mol. The molecule has 0 saturated carbocycles. The molecule has 2 N–H and O–H groups in total. The van der Waals surface area contributed by atoms with Crippen LogP contribution in [-0.4, -0.2) is 45.2 Å². The van der Waals surface area contributed by atoms with Crippen LogP contribution in [0, 0.1) is 6.92 Å². The number of rotatable bonds is 3.